The molecule has 0 aliphatic carbocycles. The van der Waals surface area contributed by atoms with E-state index in [0.717, 1.165) is 11.6 Å². The van der Waals surface area contributed by atoms with Crippen molar-refractivity contribution in [2.45, 2.75) is 11.3 Å². The van der Waals surface area contributed by atoms with Gasteiger partial charge < -0.3 is 5.73 Å². The summed E-state index contributed by atoms with van der Waals surface area (Å²) in [5.41, 5.74) is 6.10. The fourth-order valence-corrected chi connectivity index (χ4v) is 3.15. The lowest BCUT2D eigenvalue weighted by atomic mass is 10.2. The lowest BCUT2D eigenvalue weighted by Crippen LogP contribution is -2.14. The van der Waals surface area contributed by atoms with Gasteiger partial charge in [0, 0.05) is 0 Å². The first-order valence-electron chi connectivity index (χ1n) is 6.20. The van der Waals surface area contributed by atoms with Gasteiger partial charge in [-0.25, -0.2) is 12.8 Å². The van der Waals surface area contributed by atoms with Crippen LogP contribution in [0.2, 0.25) is 5.02 Å². The van der Waals surface area contributed by atoms with E-state index in [9.17, 15) is 12.8 Å². The zero-order valence-corrected chi connectivity index (χ0v) is 12.6. The minimum Gasteiger partial charge on any atom is -0.330 e. The molecule has 3 N–H and O–H groups in total. The van der Waals surface area contributed by atoms with Crippen molar-refractivity contribution in [3.8, 4) is 0 Å². The Kier molecular flexibility index (Phi) is 4.82. The molecule has 0 aliphatic heterocycles. The van der Waals surface area contributed by atoms with E-state index in [1.807, 2.05) is 0 Å². The van der Waals surface area contributed by atoms with E-state index in [0.29, 0.717) is 13.0 Å². The van der Waals surface area contributed by atoms with Crippen LogP contribution in [0.1, 0.15) is 5.56 Å². The van der Waals surface area contributed by atoms with Crippen LogP contribution in [0.4, 0.5) is 10.1 Å². The third-order valence-electron chi connectivity index (χ3n) is 2.87. The molecule has 0 radical (unpaired) electrons. The molecule has 0 aliphatic rings. The van der Waals surface area contributed by atoms with Crippen molar-refractivity contribution in [1.29, 1.82) is 0 Å². The van der Waals surface area contributed by atoms with E-state index < -0.39 is 15.8 Å². The van der Waals surface area contributed by atoms with Crippen LogP contribution in [0, 0.1) is 5.82 Å². The van der Waals surface area contributed by atoms with Crippen LogP contribution < -0.4 is 10.5 Å². The summed E-state index contributed by atoms with van der Waals surface area (Å²) >= 11 is 5.81. The number of hydrogen-bond donors (Lipinski definition) is 2. The Hall–Kier alpha value is -1.63. The summed E-state index contributed by atoms with van der Waals surface area (Å²) in [7, 11) is -3.90. The number of sulfonamides is 1. The minimum absolute atomic E-state index is 0.00155. The van der Waals surface area contributed by atoms with Crippen LogP contribution in [-0.4, -0.2) is 15.0 Å². The second kappa shape index (κ2) is 6.43. The highest BCUT2D eigenvalue weighted by Gasteiger charge is 2.18. The van der Waals surface area contributed by atoms with Gasteiger partial charge >= 0.3 is 0 Å². The fourth-order valence-electron chi connectivity index (χ4n) is 1.79. The Labute approximate surface area is 127 Å². The standard InChI is InChI=1S/C14H14ClFN2O2S/c15-12-2-1-3-13(16)14(12)18-21(19,20)11-6-4-10(5-7-11)8-9-17/h1-7,18H,8-9,17H2. The van der Waals surface area contributed by atoms with Crippen molar-refractivity contribution < 1.29 is 12.8 Å². The van der Waals surface area contributed by atoms with E-state index in [2.05, 4.69) is 4.72 Å². The first-order chi connectivity index (χ1) is 9.94. The zero-order chi connectivity index (χ0) is 15.5. The third kappa shape index (κ3) is 3.72. The molecule has 0 spiro atoms. The highest BCUT2D eigenvalue weighted by molar-refractivity contribution is 7.92. The molecular weight excluding hydrogens is 315 g/mol. The molecule has 112 valence electrons. The van der Waals surface area contributed by atoms with Gasteiger partial charge in [-0.3, -0.25) is 4.72 Å². The van der Waals surface area contributed by atoms with Gasteiger partial charge in [-0.15, -0.1) is 0 Å². The number of nitrogens with one attached hydrogen (secondary N) is 1. The van der Waals surface area contributed by atoms with Gasteiger partial charge in [0.15, 0.2) is 0 Å². The highest BCUT2D eigenvalue weighted by Crippen LogP contribution is 2.27. The first kappa shape index (κ1) is 15.8. The molecule has 2 aromatic carbocycles. The molecule has 0 heterocycles. The molecule has 0 saturated heterocycles. The average Bonchev–Trinajstić information content (AvgIpc) is 2.44. The van der Waals surface area contributed by atoms with Crippen LogP contribution in [0.15, 0.2) is 47.4 Å². The van der Waals surface area contributed by atoms with Gasteiger partial charge in [0.1, 0.15) is 11.5 Å². The molecule has 0 bridgehead atoms. The van der Waals surface area contributed by atoms with Gasteiger partial charge in [-0.1, -0.05) is 29.8 Å². The summed E-state index contributed by atoms with van der Waals surface area (Å²) in [6.45, 7) is 0.481. The van der Waals surface area contributed by atoms with E-state index in [4.69, 9.17) is 17.3 Å². The van der Waals surface area contributed by atoms with E-state index in [1.165, 1.54) is 24.3 Å². The third-order valence-corrected chi connectivity index (χ3v) is 4.55. The number of para-hydroxylation sites is 1. The van der Waals surface area contributed by atoms with Crippen molar-refractivity contribution in [1.82, 2.24) is 0 Å². The van der Waals surface area contributed by atoms with Crippen LogP contribution in [0.3, 0.4) is 0 Å². The Morgan fingerprint density at radius 3 is 2.38 bits per heavy atom. The van der Waals surface area contributed by atoms with Gasteiger partial charge in [-0.2, -0.15) is 0 Å². The van der Waals surface area contributed by atoms with Crippen LogP contribution >= 0.6 is 11.6 Å². The summed E-state index contributed by atoms with van der Waals surface area (Å²) < 4.78 is 40.2. The molecule has 0 aromatic heterocycles. The SMILES string of the molecule is NCCc1ccc(S(=O)(=O)Nc2c(F)cccc2Cl)cc1. The molecule has 0 amide bonds. The van der Waals surface area contributed by atoms with Crippen molar-refractivity contribution in [3.63, 3.8) is 0 Å². The predicted octanol–water partition coefficient (Wildman–Crippen LogP) is 2.78. The Balaban J connectivity index is 2.30. The van der Waals surface area contributed by atoms with Gasteiger partial charge in [-0.05, 0) is 42.8 Å². The van der Waals surface area contributed by atoms with Crippen molar-refractivity contribution in [2.75, 3.05) is 11.3 Å². The topological polar surface area (TPSA) is 72.2 Å². The second-order valence-electron chi connectivity index (χ2n) is 4.38. The Morgan fingerprint density at radius 1 is 1.14 bits per heavy atom. The number of benzene rings is 2. The second-order valence-corrected chi connectivity index (χ2v) is 6.47. The quantitative estimate of drug-likeness (QED) is 0.886. The molecule has 2 rings (SSSR count). The van der Waals surface area contributed by atoms with Gasteiger partial charge in [0.25, 0.3) is 10.0 Å². The predicted molar refractivity (Wildman–Crippen MR) is 81.4 cm³/mol. The largest absolute Gasteiger partial charge is 0.330 e. The lowest BCUT2D eigenvalue weighted by Gasteiger charge is -2.11. The zero-order valence-electron chi connectivity index (χ0n) is 11.0. The lowest BCUT2D eigenvalue weighted by molar-refractivity contribution is 0.598. The summed E-state index contributed by atoms with van der Waals surface area (Å²) in [5, 5.41) is -0.00155. The smallest absolute Gasteiger partial charge is 0.262 e. The molecule has 0 saturated carbocycles. The van der Waals surface area contributed by atoms with Crippen molar-refractivity contribution >= 4 is 27.3 Å². The van der Waals surface area contributed by atoms with E-state index in [-0.39, 0.29) is 15.6 Å². The summed E-state index contributed by atoms with van der Waals surface area (Å²) in [6, 6.07) is 10.2. The van der Waals surface area contributed by atoms with Crippen molar-refractivity contribution in [2.24, 2.45) is 5.73 Å². The maximum Gasteiger partial charge on any atom is 0.262 e. The molecule has 21 heavy (non-hydrogen) atoms. The first-order valence-corrected chi connectivity index (χ1v) is 8.06. The molecular formula is C14H14ClFN2O2S. The number of anilines is 1. The van der Waals surface area contributed by atoms with Crippen LogP contribution in [-0.2, 0) is 16.4 Å². The Bertz CT molecular complexity index is 713. The summed E-state index contributed by atoms with van der Waals surface area (Å²) in [5.74, 6) is -0.731. The molecule has 4 nitrogen and oxygen atoms in total. The van der Waals surface area contributed by atoms with E-state index >= 15 is 0 Å². The Morgan fingerprint density at radius 2 is 1.81 bits per heavy atom. The number of halogens is 2. The maximum absolute atomic E-state index is 13.6. The van der Waals surface area contributed by atoms with Gasteiger partial charge in [0.05, 0.1) is 9.92 Å². The molecule has 0 atom stereocenters. The maximum atomic E-state index is 13.6. The summed E-state index contributed by atoms with van der Waals surface area (Å²) in [6.07, 6.45) is 0.660. The number of rotatable bonds is 5. The van der Waals surface area contributed by atoms with Crippen LogP contribution in [0.25, 0.3) is 0 Å². The van der Waals surface area contributed by atoms with E-state index in [1.54, 1.807) is 12.1 Å². The normalized spacial score (nSPS) is 11.4. The number of nitrogens with two attached hydrogens (primary N) is 1. The average molecular weight is 329 g/mol. The minimum atomic E-state index is -3.90. The molecule has 0 unspecified atom stereocenters. The highest BCUT2D eigenvalue weighted by atomic mass is 35.5. The molecule has 0 fully saturated rings. The fraction of sp³-hybridized carbons (Fsp3) is 0.143. The van der Waals surface area contributed by atoms with Crippen molar-refractivity contribution in [3.05, 3.63) is 58.9 Å². The van der Waals surface area contributed by atoms with Crippen LogP contribution in [0.5, 0.6) is 0 Å². The number of hydrogen-bond acceptors (Lipinski definition) is 3. The van der Waals surface area contributed by atoms with Gasteiger partial charge in [0.2, 0.25) is 0 Å². The molecule has 7 heteroatoms. The summed E-state index contributed by atoms with van der Waals surface area (Å²) in [4.78, 5) is 0.0302. The molecule has 2 aromatic rings. The monoisotopic (exact) mass is 328 g/mol.